The molecule has 0 aromatic heterocycles. The van der Waals surface area contributed by atoms with Gasteiger partial charge in [0.15, 0.2) is 0 Å². The molecule has 0 fully saturated rings. The summed E-state index contributed by atoms with van der Waals surface area (Å²) in [5.74, 6) is 0. The normalized spacial score (nSPS) is 21.9. The van der Waals surface area contributed by atoms with Crippen molar-refractivity contribution in [3.63, 3.8) is 0 Å². The van der Waals surface area contributed by atoms with E-state index in [1.54, 1.807) is 5.31 Å². The van der Waals surface area contributed by atoms with E-state index in [9.17, 15) is 0 Å². The minimum Gasteiger partial charge on any atom is -0.303 e. The van der Waals surface area contributed by atoms with E-state index < -0.39 is 0 Å². The first-order valence-electron chi connectivity index (χ1n) is 5.88. The van der Waals surface area contributed by atoms with Crippen LogP contribution < -0.4 is 0 Å². The lowest BCUT2D eigenvalue weighted by molar-refractivity contribution is 0.354. The molecule has 0 aliphatic heterocycles. The highest BCUT2D eigenvalue weighted by molar-refractivity contribution is 7.48. The molecule has 0 amide bonds. The van der Waals surface area contributed by atoms with Crippen molar-refractivity contribution in [1.82, 2.24) is 4.90 Å². The first-order valence-corrected chi connectivity index (χ1v) is 6.88. The van der Waals surface area contributed by atoms with Gasteiger partial charge in [-0.25, -0.2) is 0 Å². The van der Waals surface area contributed by atoms with E-state index in [1.807, 2.05) is 0 Å². The quantitative estimate of drug-likeness (QED) is 0.670. The summed E-state index contributed by atoms with van der Waals surface area (Å²) in [7, 11) is 5.17. The van der Waals surface area contributed by atoms with Crippen LogP contribution in [0.1, 0.15) is 19.8 Å². The summed E-state index contributed by atoms with van der Waals surface area (Å²) in [6, 6.07) is 0.534. The minimum atomic E-state index is 0.534. The van der Waals surface area contributed by atoms with Gasteiger partial charge in [0.1, 0.15) is 0 Å². The average Bonchev–Trinajstić information content (AvgIpc) is 2.88. The first kappa shape index (κ1) is 11.8. The molecule has 0 spiro atoms. The van der Waals surface area contributed by atoms with Gasteiger partial charge >= 0.3 is 0 Å². The second-order valence-electron chi connectivity index (χ2n) is 4.60. The summed E-state index contributed by atoms with van der Waals surface area (Å²) in [4.78, 5) is 2.29. The maximum Gasteiger partial charge on any atom is 0.0316 e. The molecule has 2 aliphatic rings. The monoisotopic (exact) mass is 233 g/mol. The lowest BCUT2D eigenvalue weighted by atomic mass is 10.1. The molecule has 2 heteroatoms. The van der Waals surface area contributed by atoms with Gasteiger partial charge in [-0.05, 0) is 50.1 Å². The number of likely N-dealkylation sites (N-methyl/N-ethyl adjacent to an activating group) is 1. The van der Waals surface area contributed by atoms with Crippen LogP contribution in [0.2, 0.25) is 0 Å². The molecule has 0 N–H and O–H groups in total. The van der Waals surface area contributed by atoms with Crippen molar-refractivity contribution in [2.75, 3.05) is 14.1 Å². The third-order valence-corrected chi connectivity index (χ3v) is 4.71. The second-order valence-corrected chi connectivity index (χ2v) is 6.03. The van der Waals surface area contributed by atoms with E-state index in [0.717, 1.165) is 21.4 Å². The van der Waals surface area contributed by atoms with E-state index >= 15 is 0 Å². The zero-order valence-corrected chi connectivity index (χ0v) is 11.3. The van der Waals surface area contributed by atoms with Crippen LogP contribution in [0.5, 0.6) is 0 Å². The van der Waals surface area contributed by atoms with Gasteiger partial charge in [0.2, 0.25) is 0 Å². The summed E-state index contributed by atoms with van der Waals surface area (Å²) in [5, 5.41) is 3.14. The first-order chi connectivity index (χ1) is 7.68. The highest BCUT2D eigenvalue weighted by Gasteiger charge is 2.17. The maximum absolute atomic E-state index is 2.35. The largest absolute Gasteiger partial charge is 0.303 e. The van der Waals surface area contributed by atoms with Gasteiger partial charge in [-0.3, -0.25) is 0 Å². The molecule has 2 rings (SSSR count). The summed E-state index contributed by atoms with van der Waals surface area (Å²) in [5.41, 5.74) is 1.53. The van der Waals surface area contributed by atoms with Crippen LogP contribution in [0.15, 0.2) is 46.6 Å². The Labute approximate surface area is 100 Å². The van der Waals surface area contributed by atoms with Crippen LogP contribution in [0, 0.1) is 0 Å². The highest BCUT2D eigenvalue weighted by atomic mass is 31.1. The number of allylic oxidation sites excluding steroid dienone is 6. The Bertz CT molecular complexity index is 386. The molecule has 0 saturated carbocycles. The van der Waals surface area contributed by atoms with Gasteiger partial charge in [-0.15, -0.1) is 0 Å². The Balaban J connectivity index is 2.12. The number of nitrogens with zero attached hydrogens (tertiary/aromatic N) is 1. The number of hydrogen-bond donors (Lipinski definition) is 0. The van der Waals surface area contributed by atoms with Crippen LogP contribution in [0.25, 0.3) is 0 Å². The van der Waals surface area contributed by atoms with E-state index in [4.69, 9.17) is 0 Å². The third-order valence-electron chi connectivity index (χ3n) is 3.26. The zero-order chi connectivity index (χ0) is 11.5. The molecule has 0 bridgehead atoms. The van der Waals surface area contributed by atoms with Gasteiger partial charge in [0.05, 0.1) is 0 Å². The van der Waals surface area contributed by atoms with Crippen LogP contribution >= 0.6 is 8.58 Å². The van der Waals surface area contributed by atoms with Crippen molar-refractivity contribution in [3.05, 3.63) is 46.6 Å². The molecule has 0 aromatic carbocycles. The number of rotatable bonds is 4. The van der Waals surface area contributed by atoms with E-state index in [2.05, 4.69) is 56.3 Å². The lowest BCUT2D eigenvalue weighted by Crippen LogP contribution is -2.26. The maximum atomic E-state index is 2.35. The predicted octanol–water partition coefficient (Wildman–Crippen LogP) is 3.67. The van der Waals surface area contributed by atoms with Crippen molar-refractivity contribution < 1.29 is 0 Å². The number of hydrogen-bond acceptors (Lipinski definition) is 1. The minimum absolute atomic E-state index is 0.534. The second kappa shape index (κ2) is 5.12. The Morgan fingerprint density at radius 2 is 2.06 bits per heavy atom. The third kappa shape index (κ3) is 2.53. The molecule has 16 heavy (non-hydrogen) atoms. The highest BCUT2D eigenvalue weighted by Crippen LogP contribution is 2.43. The fourth-order valence-corrected chi connectivity index (χ4v) is 3.47. The van der Waals surface area contributed by atoms with Gasteiger partial charge in [0.25, 0.3) is 0 Å². The summed E-state index contributed by atoms with van der Waals surface area (Å²) in [6.45, 7) is 2.29. The summed E-state index contributed by atoms with van der Waals surface area (Å²) < 4.78 is 0. The molecule has 0 radical (unpaired) electrons. The van der Waals surface area contributed by atoms with Crippen LogP contribution in [0.3, 0.4) is 0 Å². The van der Waals surface area contributed by atoms with Gasteiger partial charge in [0, 0.05) is 6.04 Å². The smallest absolute Gasteiger partial charge is 0.0316 e. The predicted molar refractivity (Wildman–Crippen MR) is 74.1 cm³/mol. The topological polar surface area (TPSA) is 3.24 Å². The fraction of sp³-hybridized carbons (Fsp3) is 0.429. The lowest BCUT2D eigenvalue weighted by Gasteiger charge is -2.22. The Morgan fingerprint density at radius 1 is 1.25 bits per heavy atom. The molecular formula is C14H20NP. The van der Waals surface area contributed by atoms with Crippen molar-refractivity contribution in [1.29, 1.82) is 0 Å². The van der Waals surface area contributed by atoms with Crippen LogP contribution in [0.4, 0.5) is 0 Å². The van der Waals surface area contributed by atoms with Crippen molar-refractivity contribution in [2.45, 2.75) is 25.8 Å². The van der Waals surface area contributed by atoms with Gasteiger partial charge in [-0.1, -0.05) is 39.0 Å². The summed E-state index contributed by atoms with van der Waals surface area (Å²) in [6.07, 6.45) is 13.8. The van der Waals surface area contributed by atoms with Crippen molar-refractivity contribution in [3.8, 4) is 0 Å². The van der Waals surface area contributed by atoms with Crippen molar-refractivity contribution >= 4 is 8.58 Å². The van der Waals surface area contributed by atoms with E-state index in [0.29, 0.717) is 6.04 Å². The Kier molecular flexibility index (Phi) is 3.78. The standard InChI is InChI=1S/C14H20NP/c1-11(15(2)3)13-9-6-10-14(13)16-12-7-4-5-8-12/h4,6-9,11,16H,5,10H2,1-3H3/t11-/m1/s1. The molecule has 86 valence electrons. The van der Waals surface area contributed by atoms with Crippen LogP contribution in [-0.2, 0) is 0 Å². The fourth-order valence-electron chi connectivity index (χ4n) is 2.04. The van der Waals surface area contributed by atoms with Gasteiger partial charge < -0.3 is 4.90 Å². The molecule has 0 saturated heterocycles. The molecule has 0 heterocycles. The zero-order valence-electron chi connectivity index (χ0n) is 10.3. The average molecular weight is 233 g/mol. The Hall–Kier alpha value is -0.650. The molecular weight excluding hydrogens is 213 g/mol. The van der Waals surface area contributed by atoms with Crippen LogP contribution in [-0.4, -0.2) is 25.0 Å². The van der Waals surface area contributed by atoms with E-state index in [1.165, 1.54) is 10.9 Å². The Morgan fingerprint density at radius 3 is 2.69 bits per heavy atom. The van der Waals surface area contributed by atoms with Crippen molar-refractivity contribution in [2.24, 2.45) is 0 Å². The summed E-state index contributed by atoms with van der Waals surface area (Å²) >= 11 is 0. The molecule has 2 aliphatic carbocycles. The molecule has 1 unspecified atom stereocenters. The van der Waals surface area contributed by atoms with Gasteiger partial charge in [-0.2, -0.15) is 0 Å². The molecule has 2 atom stereocenters. The molecule has 1 nitrogen and oxygen atoms in total. The van der Waals surface area contributed by atoms with E-state index in [-0.39, 0.29) is 0 Å². The molecule has 0 aromatic rings. The SMILES string of the molecule is C[C@H](C1=C(PC2=CCC=C2)CC=C1)N(C)C.